The van der Waals surface area contributed by atoms with Crippen molar-refractivity contribution in [2.75, 3.05) is 19.0 Å². The molecule has 1 aromatic rings. The molecule has 0 unspecified atom stereocenters. The topological polar surface area (TPSA) is 87.7 Å². The third-order valence-electron chi connectivity index (χ3n) is 2.00. The number of nitrogens with one attached hydrogen (secondary N) is 2. The molecule has 1 rings (SSSR count). The summed E-state index contributed by atoms with van der Waals surface area (Å²) < 4.78 is 5.07. The monoisotopic (exact) mass is 238 g/mol. The van der Waals surface area contributed by atoms with Crippen molar-refractivity contribution in [3.8, 4) is 5.75 Å². The molecule has 0 spiro atoms. The number of carboxylic acid groups (broad SMARTS) is 1. The van der Waals surface area contributed by atoms with Gasteiger partial charge < -0.3 is 20.5 Å². The fourth-order valence-corrected chi connectivity index (χ4v) is 1.24. The number of ether oxygens (including phenoxy) is 1. The Morgan fingerprint density at radius 3 is 2.71 bits per heavy atom. The van der Waals surface area contributed by atoms with Crippen LogP contribution in [0.4, 0.5) is 10.5 Å². The van der Waals surface area contributed by atoms with Crippen LogP contribution >= 0.6 is 0 Å². The second-order valence-electron chi connectivity index (χ2n) is 3.41. The van der Waals surface area contributed by atoms with Gasteiger partial charge in [0.15, 0.2) is 0 Å². The van der Waals surface area contributed by atoms with Crippen molar-refractivity contribution in [3.63, 3.8) is 0 Å². The Balaban J connectivity index is 2.69. The van der Waals surface area contributed by atoms with Crippen molar-refractivity contribution < 1.29 is 19.4 Å². The first-order chi connectivity index (χ1) is 8.02. The molecule has 6 nitrogen and oxygen atoms in total. The van der Waals surface area contributed by atoms with Gasteiger partial charge in [-0.25, -0.2) is 4.79 Å². The van der Waals surface area contributed by atoms with Crippen LogP contribution in [-0.2, 0) is 4.79 Å². The molecular formula is C11H14N2O4. The summed E-state index contributed by atoms with van der Waals surface area (Å²) in [5.41, 5.74) is 1.45. The average Bonchev–Trinajstić information content (AvgIpc) is 2.27. The fraction of sp³-hybridized carbons (Fsp3) is 0.273. The van der Waals surface area contributed by atoms with Gasteiger partial charge >= 0.3 is 12.0 Å². The zero-order chi connectivity index (χ0) is 12.8. The van der Waals surface area contributed by atoms with E-state index in [0.29, 0.717) is 11.4 Å². The first kappa shape index (κ1) is 12.8. The summed E-state index contributed by atoms with van der Waals surface area (Å²) in [4.78, 5) is 21.6. The van der Waals surface area contributed by atoms with Crippen molar-refractivity contribution >= 4 is 17.7 Å². The summed E-state index contributed by atoms with van der Waals surface area (Å²) >= 11 is 0. The predicted octanol–water partition coefficient (Wildman–Crippen LogP) is 1.21. The van der Waals surface area contributed by atoms with Crippen molar-refractivity contribution in [2.45, 2.75) is 6.92 Å². The van der Waals surface area contributed by atoms with Gasteiger partial charge in [0.1, 0.15) is 12.3 Å². The van der Waals surface area contributed by atoms with E-state index in [2.05, 4.69) is 10.6 Å². The molecule has 17 heavy (non-hydrogen) atoms. The van der Waals surface area contributed by atoms with Gasteiger partial charge in [-0.2, -0.15) is 0 Å². The van der Waals surface area contributed by atoms with Crippen LogP contribution in [0.2, 0.25) is 0 Å². The number of anilines is 1. The third kappa shape index (κ3) is 4.02. The van der Waals surface area contributed by atoms with Crippen molar-refractivity contribution in [3.05, 3.63) is 23.8 Å². The standard InChI is InChI=1S/C11H14N2O4/c1-7-3-4-9(17-2)8(5-7)13-11(16)12-6-10(14)15/h3-5H,6H2,1-2H3,(H,14,15)(H2,12,13,16). The Kier molecular flexibility index (Phi) is 4.33. The van der Waals surface area contributed by atoms with E-state index in [1.807, 2.05) is 13.0 Å². The summed E-state index contributed by atoms with van der Waals surface area (Å²) in [6.45, 7) is 1.44. The highest BCUT2D eigenvalue weighted by Gasteiger charge is 2.08. The highest BCUT2D eigenvalue weighted by molar-refractivity contribution is 5.92. The van der Waals surface area contributed by atoms with E-state index in [0.717, 1.165) is 5.56 Å². The first-order valence-electron chi connectivity index (χ1n) is 4.94. The second-order valence-corrected chi connectivity index (χ2v) is 3.41. The van der Waals surface area contributed by atoms with Crippen molar-refractivity contribution in [2.24, 2.45) is 0 Å². The van der Waals surface area contributed by atoms with Crippen LogP contribution in [0, 0.1) is 6.92 Å². The number of methoxy groups -OCH3 is 1. The molecule has 0 aliphatic heterocycles. The fourth-order valence-electron chi connectivity index (χ4n) is 1.24. The van der Waals surface area contributed by atoms with Crippen LogP contribution in [0.3, 0.4) is 0 Å². The largest absolute Gasteiger partial charge is 0.495 e. The molecule has 0 aliphatic carbocycles. The molecule has 1 aromatic carbocycles. The molecule has 0 aromatic heterocycles. The summed E-state index contributed by atoms with van der Waals surface area (Å²) in [6, 6.07) is 4.72. The van der Waals surface area contributed by atoms with Gasteiger partial charge in [-0.1, -0.05) is 6.07 Å². The Labute approximate surface area is 98.6 Å². The number of carboxylic acids is 1. The first-order valence-corrected chi connectivity index (χ1v) is 4.94. The highest BCUT2D eigenvalue weighted by Crippen LogP contribution is 2.24. The van der Waals surface area contributed by atoms with E-state index in [-0.39, 0.29) is 0 Å². The number of benzene rings is 1. The quantitative estimate of drug-likeness (QED) is 0.735. The maximum atomic E-state index is 11.4. The smallest absolute Gasteiger partial charge is 0.323 e. The molecule has 0 bridgehead atoms. The minimum atomic E-state index is -1.10. The molecule has 0 radical (unpaired) electrons. The zero-order valence-electron chi connectivity index (χ0n) is 9.61. The van der Waals surface area contributed by atoms with Gasteiger partial charge in [-0.3, -0.25) is 4.79 Å². The van der Waals surface area contributed by atoms with E-state index < -0.39 is 18.5 Å². The number of aryl methyl sites for hydroxylation is 1. The highest BCUT2D eigenvalue weighted by atomic mass is 16.5. The number of carbonyl (C=O) groups is 2. The van der Waals surface area contributed by atoms with Crippen molar-refractivity contribution in [1.82, 2.24) is 5.32 Å². The molecule has 92 valence electrons. The van der Waals surface area contributed by atoms with Crippen LogP contribution in [0.15, 0.2) is 18.2 Å². The number of amides is 2. The van der Waals surface area contributed by atoms with Crippen molar-refractivity contribution in [1.29, 1.82) is 0 Å². The SMILES string of the molecule is COc1ccc(C)cc1NC(=O)NCC(=O)O. The van der Waals surface area contributed by atoms with E-state index in [1.165, 1.54) is 7.11 Å². The molecule has 6 heteroatoms. The lowest BCUT2D eigenvalue weighted by Crippen LogP contribution is -2.33. The minimum Gasteiger partial charge on any atom is -0.495 e. The lowest BCUT2D eigenvalue weighted by molar-refractivity contribution is -0.135. The van der Waals surface area contributed by atoms with Crippen LogP contribution in [0.25, 0.3) is 0 Å². The van der Waals surface area contributed by atoms with E-state index in [1.54, 1.807) is 12.1 Å². The lowest BCUT2D eigenvalue weighted by atomic mass is 10.2. The minimum absolute atomic E-state index is 0.431. The number of urea groups is 1. The molecular weight excluding hydrogens is 224 g/mol. The summed E-state index contributed by atoms with van der Waals surface area (Å²) in [7, 11) is 1.49. The zero-order valence-corrected chi connectivity index (χ0v) is 9.61. The van der Waals surface area contributed by atoms with Crippen LogP contribution in [0.1, 0.15) is 5.56 Å². The summed E-state index contributed by atoms with van der Waals surface area (Å²) in [6.07, 6.45) is 0. The van der Waals surface area contributed by atoms with E-state index in [9.17, 15) is 9.59 Å². The van der Waals surface area contributed by atoms with Gasteiger partial charge in [-0.05, 0) is 24.6 Å². The predicted molar refractivity (Wildman–Crippen MR) is 62.4 cm³/mol. The second kappa shape index (κ2) is 5.74. The number of rotatable bonds is 4. The Bertz CT molecular complexity index is 431. The Morgan fingerprint density at radius 2 is 2.12 bits per heavy atom. The molecule has 0 saturated heterocycles. The van der Waals surface area contributed by atoms with Gasteiger partial charge in [-0.15, -0.1) is 0 Å². The molecule has 0 heterocycles. The molecule has 0 fully saturated rings. The van der Waals surface area contributed by atoms with Crippen LogP contribution in [0.5, 0.6) is 5.75 Å². The number of hydrogen-bond acceptors (Lipinski definition) is 3. The Hall–Kier alpha value is -2.24. The molecule has 0 saturated carbocycles. The summed E-state index contributed by atoms with van der Waals surface area (Å²) in [5.74, 6) is -0.586. The molecule has 0 atom stereocenters. The lowest BCUT2D eigenvalue weighted by Gasteiger charge is -2.11. The summed E-state index contributed by atoms with van der Waals surface area (Å²) in [5, 5.41) is 13.1. The van der Waals surface area contributed by atoms with Gasteiger partial charge in [0.05, 0.1) is 12.8 Å². The van der Waals surface area contributed by atoms with Gasteiger partial charge in [0, 0.05) is 0 Å². The Morgan fingerprint density at radius 1 is 1.41 bits per heavy atom. The maximum absolute atomic E-state index is 11.4. The van der Waals surface area contributed by atoms with Crippen LogP contribution in [-0.4, -0.2) is 30.8 Å². The number of hydrogen-bond donors (Lipinski definition) is 3. The van der Waals surface area contributed by atoms with Gasteiger partial charge in [0.25, 0.3) is 0 Å². The molecule has 3 N–H and O–H groups in total. The molecule has 0 aliphatic rings. The van der Waals surface area contributed by atoms with E-state index in [4.69, 9.17) is 9.84 Å². The number of carbonyl (C=O) groups excluding carboxylic acids is 1. The normalized spacial score (nSPS) is 9.53. The molecule has 2 amide bonds. The van der Waals surface area contributed by atoms with E-state index >= 15 is 0 Å². The average molecular weight is 238 g/mol. The number of aliphatic carboxylic acids is 1. The third-order valence-corrected chi connectivity index (χ3v) is 2.00. The van der Waals surface area contributed by atoms with Gasteiger partial charge in [0.2, 0.25) is 0 Å². The maximum Gasteiger partial charge on any atom is 0.323 e. The van der Waals surface area contributed by atoms with Crippen LogP contribution < -0.4 is 15.4 Å².